The second-order valence-electron chi connectivity index (χ2n) is 5.91. The maximum Gasteiger partial charge on any atom is 0.161 e. The molecule has 0 bridgehead atoms. The third kappa shape index (κ3) is 18.1. The Hall–Kier alpha value is 0.137. The van der Waals surface area contributed by atoms with Gasteiger partial charge in [0.2, 0.25) is 0 Å². The maximum absolute atomic E-state index is 5.74. The van der Waals surface area contributed by atoms with Crippen LogP contribution in [0.15, 0.2) is 0 Å². The summed E-state index contributed by atoms with van der Waals surface area (Å²) in [6.45, 7) is 5.36. The summed E-state index contributed by atoms with van der Waals surface area (Å²) in [6.07, 6.45) is 15.1. The first-order chi connectivity index (χ1) is 9.27. The average Bonchev–Trinajstić information content (AvgIpc) is 2.39. The van der Waals surface area contributed by atoms with Crippen LogP contribution in [0.25, 0.3) is 0 Å². The van der Waals surface area contributed by atoms with Crippen LogP contribution in [0, 0.1) is 0 Å². The van der Waals surface area contributed by atoms with Gasteiger partial charge in [0.25, 0.3) is 0 Å². The fourth-order valence-electron chi connectivity index (χ4n) is 2.30. The van der Waals surface area contributed by atoms with E-state index in [1.807, 2.05) is 0 Å². The zero-order valence-electron chi connectivity index (χ0n) is 13.5. The average molecular weight is 288 g/mol. The van der Waals surface area contributed by atoms with Crippen LogP contribution in [0.3, 0.4) is 0 Å². The maximum atomic E-state index is 5.74. The molecule has 19 heavy (non-hydrogen) atoms. The molecular formula is C16H37NOSi. The Morgan fingerprint density at radius 1 is 0.895 bits per heavy atom. The quantitative estimate of drug-likeness (QED) is 0.362. The van der Waals surface area contributed by atoms with Gasteiger partial charge in [-0.15, -0.1) is 0 Å². The van der Waals surface area contributed by atoms with E-state index < -0.39 is 0 Å². The Bertz CT molecular complexity index is 165. The molecule has 0 aliphatic heterocycles. The molecule has 0 saturated heterocycles. The van der Waals surface area contributed by atoms with Gasteiger partial charge in [-0.1, -0.05) is 64.7 Å². The minimum absolute atomic E-state index is 0.267. The fourth-order valence-corrected chi connectivity index (χ4v) is 3.72. The van der Waals surface area contributed by atoms with Gasteiger partial charge in [-0.25, -0.2) is 0 Å². The topological polar surface area (TPSA) is 35.2 Å². The van der Waals surface area contributed by atoms with Gasteiger partial charge in [-0.05, 0) is 25.8 Å². The Morgan fingerprint density at radius 3 is 1.95 bits per heavy atom. The molecule has 0 aliphatic rings. The smallest absolute Gasteiger partial charge is 0.161 e. The Kier molecular flexibility index (Phi) is 16.3. The number of nitrogens with two attached hydrogens (primary N) is 1. The SMILES string of the molecule is CCCCCCCCCCCCO[SiH2]CCC(C)N. The summed E-state index contributed by atoms with van der Waals surface area (Å²) >= 11 is 0. The van der Waals surface area contributed by atoms with Crippen molar-refractivity contribution in [3.63, 3.8) is 0 Å². The summed E-state index contributed by atoms with van der Waals surface area (Å²) < 4.78 is 5.74. The zero-order valence-corrected chi connectivity index (χ0v) is 14.9. The van der Waals surface area contributed by atoms with Gasteiger partial charge >= 0.3 is 0 Å². The molecule has 0 rings (SSSR count). The summed E-state index contributed by atoms with van der Waals surface area (Å²) in [6, 6.07) is 1.60. The second-order valence-corrected chi connectivity index (χ2v) is 7.44. The lowest BCUT2D eigenvalue weighted by molar-refractivity contribution is 0.318. The molecule has 0 heterocycles. The highest BCUT2D eigenvalue weighted by molar-refractivity contribution is 6.26. The summed E-state index contributed by atoms with van der Waals surface area (Å²) in [5, 5.41) is 0. The van der Waals surface area contributed by atoms with Gasteiger partial charge in [-0.2, -0.15) is 0 Å². The number of unbranched alkanes of at least 4 members (excludes halogenated alkanes) is 9. The van der Waals surface area contributed by atoms with Crippen molar-refractivity contribution >= 4 is 9.76 Å². The molecule has 0 aromatic rings. The first-order valence-corrected chi connectivity index (χ1v) is 10.2. The van der Waals surface area contributed by atoms with E-state index >= 15 is 0 Å². The van der Waals surface area contributed by atoms with Gasteiger partial charge in [0.05, 0.1) is 0 Å². The highest BCUT2D eigenvalue weighted by atomic mass is 28.2. The first kappa shape index (κ1) is 19.1. The minimum Gasteiger partial charge on any atom is -0.424 e. The van der Waals surface area contributed by atoms with E-state index in [0.29, 0.717) is 6.04 Å². The van der Waals surface area contributed by atoms with E-state index in [0.717, 1.165) is 13.0 Å². The minimum atomic E-state index is -0.267. The molecule has 2 nitrogen and oxygen atoms in total. The standard InChI is InChI=1S/C16H37NOSi/c1-3-4-5-6-7-8-9-10-11-12-14-18-19-15-13-16(2)17/h16H,3-15,17,19H2,1-2H3. The van der Waals surface area contributed by atoms with Crippen LogP contribution in [0.2, 0.25) is 6.04 Å². The van der Waals surface area contributed by atoms with E-state index in [1.165, 1.54) is 70.3 Å². The van der Waals surface area contributed by atoms with Crippen LogP contribution >= 0.6 is 0 Å². The van der Waals surface area contributed by atoms with Crippen LogP contribution in [-0.2, 0) is 4.43 Å². The fraction of sp³-hybridized carbons (Fsp3) is 1.00. The van der Waals surface area contributed by atoms with Crippen molar-refractivity contribution in [2.24, 2.45) is 5.73 Å². The van der Waals surface area contributed by atoms with Crippen molar-refractivity contribution < 1.29 is 4.43 Å². The molecular weight excluding hydrogens is 250 g/mol. The highest BCUT2D eigenvalue weighted by Crippen LogP contribution is 2.10. The molecule has 0 saturated carbocycles. The van der Waals surface area contributed by atoms with Gasteiger partial charge in [-0.3, -0.25) is 0 Å². The summed E-state index contributed by atoms with van der Waals surface area (Å²) in [7, 11) is -0.267. The van der Waals surface area contributed by atoms with Gasteiger partial charge in [0.15, 0.2) is 9.76 Å². The molecule has 2 N–H and O–H groups in total. The Morgan fingerprint density at radius 2 is 1.42 bits per heavy atom. The predicted molar refractivity (Wildman–Crippen MR) is 89.4 cm³/mol. The normalized spacial score (nSPS) is 13.4. The zero-order chi connectivity index (χ0) is 14.2. The lowest BCUT2D eigenvalue weighted by atomic mass is 10.1. The lowest BCUT2D eigenvalue weighted by Crippen LogP contribution is -2.15. The number of hydrogen-bond acceptors (Lipinski definition) is 2. The van der Waals surface area contributed by atoms with Crippen molar-refractivity contribution in [1.29, 1.82) is 0 Å². The van der Waals surface area contributed by atoms with E-state index in [2.05, 4.69) is 13.8 Å². The van der Waals surface area contributed by atoms with Crippen molar-refractivity contribution in [1.82, 2.24) is 0 Å². The van der Waals surface area contributed by atoms with Crippen LogP contribution in [0.1, 0.15) is 84.5 Å². The molecule has 0 fully saturated rings. The summed E-state index contributed by atoms with van der Waals surface area (Å²) in [5.74, 6) is 0. The third-order valence-corrected chi connectivity index (χ3v) is 4.86. The Labute approximate surface area is 123 Å². The van der Waals surface area contributed by atoms with E-state index in [4.69, 9.17) is 10.2 Å². The van der Waals surface area contributed by atoms with E-state index in [-0.39, 0.29) is 9.76 Å². The molecule has 3 heteroatoms. The molecule has 0 amide bonds. The largest absolute Gasteiger partial charge is 0.424 e. The molecule has 0 aromatic carbocycles. The van der Waals surface area contributed by atoms with Crippen LogP contribution in [-0.4, -0.2) is 22.4 Å². The van der Waals surface area contributed by atoms with Crippen molar-refractivity contribution in [2.45, 2.75) is 96.6 Å². The molecule has 0 spiro atoms. The third-order valence-electron chi connectivity index (χ3n) is 3.59. The van der Waals surface area contributed by atoms with Crippen LogP contribution in [0.4, 0.5) is 0 Å². The lowest BCUT2D eigenvalue weighted by Gasteiger charge is -2.06. The van der Waals surface area contributed by atoms with Gasteiger partial charge in [0.1, 0.15) is 0 Å². The first-order valence-electron chi connectivity index (χ1n) is 8.60. The monoisotopic (exact) mass is 287 g/mol. The van der Waals surface area contributed by atoms with E-state index in [1.54, 1.807) is 0 Å². The van der Waals surface area contributed by atoms with Gasteiger partial charge in [0, 0.05) is 12.6 Å². The van der Waals surface area contributed by atoms with Crippen LogP contribution in [0.5, 0.6) is 0 Å². The second kappa shape index (κ2) is 16.2. The molecule has 1 unspecified atom stereocenters. The molecule has 116 valence electrons. The molecule has 0 aliphatic carbocycles. The predicted octanol–water partition coefficient (Wildman–Crippen LogP) is 4.16. The molecule has 1 atom stereocenters. The number of hydrogen-bond donors (Lipinski definition) is 1. The highest BCUT2D eigenvalue weighted by Gasteiger charge is 1.96. The van der Waals surface area contributed by atoms with E-state index in [9.17, 15) is 0 Å². The van der Waals surface area contributed by atoms with Gasteiger partial charge < -0.3 is 10.2 Å². The van der Waals surface area contributed by atoms with Crippen molar-refractivity contribution in [3.8, 4) is 0 Å². The molecule has 0 radical (unpaired) electrons. The Balaban J connectivity index is 2.91. The summed E-state index contributed by atoms with van der Waals surface area (Å²) in [5.41, 5.74) is 5.71. The number of rotatable bonds is 15. The van der Waals surface area contributed by atoms with Crippen molar-refractivity contribution in [3.05, 3.63) is 0 Å². The summed E-state index contributed by atoms with van der Waals surface area (Å²) in [4.78, 5) is 0. The molecule has 0 aromatic heterocycles. The van der Waals surface area contributed by atoms with Crippen molar-refractivity contribution in [2.75, 3.05) is 6.61 Å². The van der Waals surface area contributed by atoms with Crippen LogP contribution < -0.4 is 5.73 Å².